The van der Waals surface area contributed by atoms with Gasteiger partial charge in [-0.2, -0.15) is 5.10 Å². The molecular formula is C26H30N8OS. The first kappa shape index (κ1) is 23.8. The van der Waals surface area contributed by atoms with Crippen molar-refractivity contribution in [1.82, 2.24) is 24.3 Å². The van der Waals surface area contributed by atoms with Gasteiger partial charge in [-0.1, -0.05) is 63.3 Å². The average Bonchev–Trinajstić information content (AvgIpc) is 3.50. The van der Waals surface area contributed by atoms with E-state index in [4.69, 9.17) is 17.3 Å². The van der Waals surface area contributed by atoms with E-state index in [0.717, 1.165) is 28.1 Å². The predicted molar refractivity (Wildman–Crippen MR) is 147 cm³/mol. The summed E-state index contributed by atoms with van der Waals surface area (Å²) < 4.78 is 5.63. The van der Waals surface area contributed by atoms with Crippen molar-refractivity contribution >= 4 is 46.8 Å². The standard InChI is InChI=1S/C26H30N8OS/c1-26(2,3)15-32-23-21(24(36)31(4)25(32)35)22(29-19-8-6-5-7-9-19)33(30-23)14-18-10-12-20(13-11-18)34-17-27-16-28-34/h5-13,16,29H,14-15,17H2,1-4H3,(H,27,28). The molecular weight excluding hydrogens is 472 g/mol. The van der Waals surface area contributed by atoms with E-state index >= 15 is 0 Å². The van der Waals surface area contributed by atoms with Crippen molar-refractivity contribution < 1.29 is 0 Å². The van der Waals surface area contributed by atoms with E-state index in [0.29, 0.717) is 30.0 Å². The van der Waals surface area contributed by atoms with Gasteiger partial charge in [0, 0.05) is 19.3 Å². The third-order valence-corrected chi connectivity index (χ3v) is 6.48. The number of fused-ring (bicyclic) bond motifs is 1. The first-order valence-corrected chi connectivity index (χ1v) is 12.3. The summed E-state index contributed by atoms with van der Waals surface area (Å²) in [5.41, 5.74) is 6.43. The van der Waals surface area contributed by atoms with Gasteiger partial charge < -0.3 is 5.32 Å². The second-order valence-electron chi connectivity index (χ2n) is 10.2. The third-order valence-electron chi connectivity index (χ3n) is 6.00. The summed E-state index contributed by atoms with van der Waals surface area (Å²) in [6, 6.07) is 18.2. The molecule has 1 aliphatic rings. The molecule has 2 aromatic carbocycles. The third kappa shape index (κ3) is 4.64. The van der Waals surface area contributed by atoms with Crippen molar-refractivity contribution in [2.24, 2.45) is 17.5 Å². The fraction of sp³-hybridized carbons (Fsp3) is 0.308. The molecule has 0 bridgehead atoms. The predicted octanol–water partition coefficient (Wildman–Crippen LogP) is 4.41. The Morgan fingerprint density at radius 2 is 1.81 bits per heavy atom. The Morgan fingerprint density at radius 3 is 2.44 bits per heavy atom. The number of rotatable bonds is 6. The van der Waals surface area contributed by atoms with Crippen LogP contribution in [0.25, 0.3) is 11.0 Å². The lowest BCUT2D eigenvalue weighted by Crippen LogP contribution is -2.33. The molecule has 2 aromatic heterocycles. The summed E-state index contributed by atoms with van der Waals surface area (Å²) in [5, 5.41) is 11.2. The van der Waals surface area contributed by atoms with E-state index in [1.54, 1.807) is 18.0 Å². The van der Waals surface area contributed by atoms with Crippen LogP contribution in [0.1, 0.15) is 26.3 Å². The Labute approximate surface area is 214 Å². The molecule has 0 spiro atoms. The van der Waals surface area contributed by atoms with E-state index in [-0.39, 0.29) is 11.1 Å². The first-order chi connectivity index (χ1) is 17.2. The van der Waals surface area contributed by atoms with Crippen molar-refractivity contribution in [3.63, 3.8) is 0 Å². The van der Waals surface area contributed by atoms with Gasteiger partial charge in [-0.25, -0.2) is 9.48 Å². The molecule has 0 atom stereocenters. The molecule has 0 amide bonds. The van der Waals surface area contributed by atoms with E-state index in [1.165, 1.54) is 4.57 Å². The van der Waals surface area contributed by atoms with E-state index in [1.807, 2.05) is 40.0 Å². The van der Waals surface area contributed by atoms with Crippen molar-refractivity contribution in [2.45, 2.75) is 33.9 Å². The summed E-state index contributed by atoms with van der Waals surface area (Å²) in [7, 11) is 1.72. The molecule has 186 valence electrons. The molecule has 4 aromatic rings. The highest BCUT2D eigenvalue weighted by Gasteiger charge is 2.23. The van der Waals surface area contributed by atoms with Crippen molar-refractivity contribution in [1.29, 1.82) is 0 Å². The van der Waals surface area contributed by atoms with Crippen LogP contribution in [0.3, 0.4) is 0 Å². The van der Waals surface area contributed by atoms with Crippen LogP contribution < -0.4 is 21.4 Å². The minimum absolute atomic E-state index is 0.118. The molecule has 9 nitrogen and oxygen atoms in total. The van der Waals surface area contributed by atoms with Gasteiger partial charge in [0.05, 0.1) is 17.6 Å². The number of benzene rings is 2. The van der Waals surface area contributed by atoms with Gasteiger partial charge in [-0.15, -0.1) is 0 Å². The highest BCUT2D eigenvalue weighted by atomic mass is 32.1. The summed E-state index contributed by atoms with van der Waals surface area (Å²) in [6.07, 6.45) is 1.69. The normalized spacial score (nSPS) is 13.4. The Hall–Kier alpha value is -3.92. The largest absolute Gasteiger partial charge is 0.340 e. The Balaban J connectivity index is 1.64. The van der Waals surface area contributed by atoms with Crippen LogP contribution in [0.2, 0.25) is 0 Å². The Kier molecular flexibility index (Phi) is 6.13. The quantitative estimate of drug-likeness (QED) is 0.380. The second-order valence-corrected chi connectivity index (χ2v) is 10.6. The lowest BCUT2D eigenvalue weighted by molar-refractivity contribution is 0.337. The smallest absolute Gasteiger partial charge is 0.330 e. The van der Waals surface area contributed by atoms with Crippen molar-refractivity contribution in [3.05, 3.63) is 75.3 Å². The molecule has 2 N–H and O–H groups in total. The summed E-state index contributed by atoms with van der Waals surface area (Å²) >= 11 is 5.78. The zero-order valence-corrected chi connectivity index (χ0v) is 21.7. The number of nitrogens with one attached hydrogen (secondary N) is 2. The van der Waals surface area contributed by atoms with Crippen molar-refractivity contribution in [2.75, 3.05) is 17.0 Å². The number of para-hydroxylation sites is 1. The topological polar surface area (TPSA) is 84.4 Å². The highest BCUT2D eigenvalue weighted by molar-refractivity contribution is 7.71. The zero-order chi connectivity index (χ0) is 25.4. The summed E-state index contributed by atoms with van der Waals surface area (Å²) in [4.78, 5) is 17.4. The number of anilines is 3. The van der Waals surface area contributed by atoms with Gasteiger partial charge in [-0.05, 0) is 35.2 Å². The zero-order valence-electron chi connectivity index (χ0n) is 20.9. The summed E-state index contributed by atoms with van der Waals surface area (Å²) in [6.45, 7) is 7.93. The van der Waals surface area contributed by atoms with Gasteiger partial charge in [0.1, 0.15) is 23.5 Å². The van der Waals surface area contributed by atoms with Gasteiger partial charge in [0.25, 0.3) is 0 Å². The van der Waals surface area contributed by atoms with Crippen molar-refractivity contribution in [3.8, 4) is 0 Å². The van der Waals surface area contributed by atoms with Gasteiger partial charge >= 0.3 is 5.69 Å². The molecule has 1 aliphatic heterocycles. The molecule has 0 fully saturated rings. The SMILES string of the molecule is Cn1c(=S)c2c(Nc3ccccc3)n(Cc3ccc(N4CN=CN4)cc3)nc2n(CC(C)(C)C)c1=O. The Morgan fingerprint density at radius 1 is 1.08 bits per heavy atom. The van der Waals surface area contributed by atoms with Crippen LogP contribution >= 0.6 is 12.2 Å². The minimum Gasteiger partial charge on any atom is -0.340 e. The molecule has 36 heavy (non-hydrogen) atoms. The van der Waals surface area contributed by atoms with Gasteiger partial charge in [0.2, 0.25) is 0 Å². The molecule has 0 saturated carbocycles. The van der Waals surface area contributed by atoms with E-state index in [2.05, 4.69) is 60.8 Å². The minimum atomic E-state index is -0.164. The van der Waals surface area contributed by atoms with Crippen LogP contribution in [0.5, 0.6) is 0 Å². The van der Waals surface area contributed by atoms with Crippen LogP contribution in [0, 0.1) is 10.1 Å². The van der Waals surface area contributed by atoms with Gasteiger partial charge in [0.15, 0.2) is 5.65 Å². The van der Waals surface area contributed by atoms with Crippen LogP contribution in [-0.2, 0) is 20.1 Å². The fourth-order valence-corrected chi connectivity index (χ4v) is 4.53. The highest BCUT2D eigenvalue weighted by Crippen LogP contribution is 2.29. The molecule has 0 saturated heterocycles. The Bertz CT molecular complexity index is 1530. The molecule has 10 heteroatoms. The molecule has 0 radical (unpaired) electrons. The molecule has 0 aliphatic carbocycles. The lowest BCUT2D eigenvalue weighted by Gasteiger charge is -2.20. The van der Waals surface area contributed by atoms with Gasteiger partial charge in [-0.3, -0.25) is 24.6 Å². The monoisotopic (exact) mass is 502 g/mol. The van der Waals surface area contributed by atoms with Crippen LogP contribution in [-0.4, -0.2) is 31.9 Å². The molecule has 0 unspecified atom stereocenters. The van der Waals surface area contributed by atoms with E-state index < -0.39 is 0 Å². The maximum absolute atomic E-state index is 13.3. The number of aliphatic imine (C=N–C) groups is 1. The van der Waals surface area contributed by atoms with Crippen LogP contribution in [0.4, 0.5) is 17.2 Å². The average molecular weight is 503 g/mol. The molecule has 3 heterocycles. The lowest BCUT2D eigenvalue weighted by atomic mass is 9.97. The molecule has 5 rings (SSSR count). The van der Waals surface area contributed by atoms with Crippen LogP contribution in [0.15, 0.2) is 64.4 Å². The second kappa shape index (κ2) is 9.27. The van der Waals surface area contributed by atoms with E-state index in [9.17, 15) is 4.79 Å². The first-order valence-electron chi connectivity index (χ1n) is 11.8. The fourth-order valence-electron chi connectivity index (χ4n) is 4.26. The summed E-state index contributed by atoms with van der Waals surface area (Å²) in [5.74, 6) is 0.762. The number of nitrogens with zero attached hydrogens (tertiary/aromatic N) is 6. The number of hydrazine groups is 1. The number of aromatic nitrogens is 4. The maximum atomic E-state index is 13.3. The number of hydrogen-bond donors (Lipinski definition) is 2. The number of hydrogen-bond acceptors (Lipinski definition) is 7. The maximum Gasteiger partial charge on any atom is 0.330 e.